The van der Waals surface area contributed by atoms with Gasteiger partial charge in [0.1, 0.15) is 0 Å². The van der Waals surface area contributed by atoms with E-state index in [1.165, 1.54) is 11.3 Å². The smallest absolute Gasteiger partial charge is 0.255 e. The number of nitrogens with zero attached hydrogens (tertiary/aromatic N) is 2. The quantitative estimate of drug-likeness (QED) is 0.645. The van der Waals surface area contributed by atoms with Crippen LogP contribution in [0.1, 0.15) is 10.4 Å². The Morgan fingerprint density at radius 3 is 2.44 bits per heavy atom. The van der Waals surface area contributed by atoms with E-state index in [1.807, 2.05) is 11.0 Å². The highest BCUT2D eigenvalue weighted by atomic mass is 79.9. The van der Waals surface area contributed by atoms with Crippen LogP contribution >= 0.6 is 59.1 Å². The second-order valence-corrected chi connectivity index (χ2v) is 8.60. The zero-order valence-electron chi connectivity index (χ0n) is 9.66. The largest absolute Gasteiger partial charge is 0.336 e. The molecule has 1 aliphatic heterocycles. The third kappa shape index (κ3) is 3.56. The minimum absolute atomic E-state index is 0.127. The maximum Gasteiger partial charge on any atom is 0.255 e. The summed E-state index contributed by atoms with van der Waals surface area (Å²) in [7, 11) is 0. The lowest BCUT2D eigenvalue weighted by Gasteiger charge is -2.34. The Morgan fingerprint density at radius 2 is 1.94 bits per heavy atom. The summed E-state index contributed by atoms with van der Waals surface area (Å²) in [5.41, 5.74) is 0.765. The SMILES string of the molecule is O=C(c1cc(Br)sc1Br)N1CCN(CCBr)CC1. The summed E-state index contributed by atoms with van der Waals surface area (Å²) in [5.74, 6) is 0.127. The van der Waals surface area contributed by atoms with E-state index in [9.17, 15) is 4.79 Å². The predicted molar refractivity (Wildman–Crippen MR) is 85.9 cm³/mol. The molecule has 0 atom stereocenters. The van der Waals surface area contributed by atoms with Gasteiger partial charge in [0.15, 0.2) is 0 Å². The van der Waals surface area contributed by atoms with Crippen LogP contribution in [-0.4, -0.2) is 53.8 Å². The van der Waals surface area contributed by atoms with Gasteiger partial charge in [0.05, 0.1) is 13.1 Å². The van der Waals surface area contributed by atoms with Gasteiger partial charge in [-0.1, -0.05) is 15.9 Å². The summed E-state index contributed by atoms with van der Waals surface area (Å²) in [6, 6.07) is 1.89. The van der Waals surface area contributed by atoms with E-state index in [0.717, 1.165) is 51.2 Å². The lowest BCUT2D eigenvalue weighted by Crippen LogP contribution is -2.49. The van der Waals surface area contributed by atoms with Gasteiger partial charge >= 0.3 is 0 Å². The molecule has 3 nitrogen and oxygen atoms in total. The van der Waals surface area contributed by atoms with Gasteiger partial charge in [0.2, 0.25) is 0 Å². The molecule has 1 aliphatic rings. The summed E-state index contributed by atoms with van der Waals surface area (Å²) in [4.78, 5) is 16.7. The van der Waals surface area contributed by atoms with Gasteiger partial charge in [-0.05, 0) is 37.9 Å². The number of carbonyl (C=O) groups is 1. The van der Waals surface area contributed by atoms with Gasteiger partial charge in [-0.2, -0.15) is 0 Å². The molecule has 2 rings (SSSR count). The van der Waals surface area contributed by atoms with E-state index in [0.29, 0.717) is 0 Å². The van der Waals surface area contributed by atoms with Crippen LogP contribution < -0.4 is 0 Å². The summed E-state index contributed by atoms with van der Waals surface area (Å²) in [5, 5.41) is 0.990. The Bertz CT molecular complexity index is 430. The van der Waals surface area contributed by atoms with E-state index in [2.05, 4.69) is 52.7 Å². The fourth-order valence-electron chi connectivity index (χ4n) is 1.95. The van der Waals surface area contributed by atoms with Gasteiger partial charge in [-0.3, -0.25) is 9.69 Å². The van der Waals surface area contributed by atoms with Crippen molar-refractivity contribution >= 4 is 65.0 Å². The Labute approximate surface area is 136 Å². The fourth-order valence-corrected chi connectivity index (χ4v) is 5.23. The molecule has 0 aromatic carbocycles. The molecule has 2 heterocycles. The molecule has 1 saturated heterocycles. The van der Waals surface area contributed by atoms with Crippen LogP contribution in [0.2, 0.25) is 0 Å². The Kier molecular flexibility index (Phi) is 5.68. The van der Waals surface area contributed by atoms with Crippen LogP contribution in [0, 0.1) is 0 Å². The molecule has 18 heavy (non-hydrogen) atoms. The van der Waals surface area contributed by atoms with E-state index in [4.69, 9.17) is 0 Å². The molecule has 0 unspecified atom stereocenters. The van der Waals surface area contributed by atoms with Crippen LogP contribution in [-0.2, 0) is 0 Å². The van der Waals surface area contributed by atoms with Crippen LogP contribution in [0.25, 0.3) is 0 Å². The van der Waals surface area contributed by atoms with Crippen molar-refractivity contribution in [3.8, 4) is 0 Å². The first-order chi connectivity index (χ1) is 8.61. The lowest BCUT2D eigenvalue weighted by atomic mass is 10.2. The van der Waals surface area contributed by atoms with Crippen LogP contribution in [0.4, 0.5) is 0 Å². The fraction of sp³-hybridized carbons (Fsp3) is 0.545. The van der Waals surface area contributed by atoms with Crippen molar-refractivity contribution in [2.75, 3.05) is 38.1 Å². The molecule has 0 aliphatic carbocycles. The Balaban J connectivity index is 1.97. The number of hydrogen-bond donors (Lipinski definition) is 0. The first kappa shape index (κ1) is 15.0. The van der Waals surface area contributed by atoms with Crippen LogP contribution in [0.15, 0.2) is 13.6 Å². The van der Waals surface area contributed by atoms with Crippen molar-refractivity contribution in [3.63, 3.8) is 0 Å². The number of piperazine rings is 1. The minimum Gasteiger partial charge on any atom is -0.336 e. The zero-order chi connectivity index (χ0) is 13.1. The first-order valence-electron chi connectivity index (χ1n) is 5.64. The monoisotopic (exact) mass is 458 g/mol. The van der Waals surface area contributed by atoms with Gasteiger partial charge in [-0.15, -0.1) is 11.3 Å². The molecule has 1 aromatic heterocycles. The van der Waals surface area contributed by atoms with Crippen molar-refractivity contribution in [1.29, 1.82) is 0 Å². The highest BCUT2D eigenvalue weighted by Gasteiger charge is 2.24. The molecule has 0 N–H and O–H groups in total. The van der Waals surface area contributed by atoms with Crippen molar-refractivity contribution in [2.24, 2.45) is 0 Å². The molecule has 0 radical (unpaired) electrons. The van der Waals surface area contributed by atoms with Gasteiger partial charge in [0, 0.05) is 38.1 Å². The summed E-state index contributed by atoms with van der Waals surface area (Å²) in [6.45, 7) is 4.59. The predicted octanol–water partition coefficient (Wildman–Crippen LogP) is 3.43. The number of alkyl halides is 1. The molecular formula is C11H13Br3N2OS. The average molecular weight is 461 g/mol. The second kappa shape index (κ2) is 6.83. The number of rotatable bonds is 3. The molecule has 100 valence electrons. The van der Waals surface area contributed by atoms with Gasteiger partial charge < -0.3 is 4.90 Å². The zero-order valence-corrected chi connectivity index (χ0v) is 15.2. The summed E-state index contributed by atoms with van der Waals surface area (Å²) in [6.07, 6.45) is 0. The maximum atomic E-state index is 12.4. The first-order valence-corrected chi connectivity index (χ1v) is 9.16. The molecule has 7 heteroatoms. The van der Waals surface area contributed by atoms with Crippen molar-refractivity contribution in [1.82, 2.24) is 9.80 Å². The van der Waals surface area contributed by atoms with Gasteiger partial charge in [-0.25, -0.2) is 0 Å². The van der Waals surface area contributed by atoms with E-state index in [-0.39, 0.29) is 5.91 Å². The maximum absolute atomic E-state index is 12.4. The molecule has 0 bridgehead atoms. The highest BCUT2D eigenvalue weighted by Crippen LogP contribution is 2.32. The number of halogens is 3. The standard InChI is InChI=1S/C11H13Br3N2OS/c12-1-2-15-3-5-16(6-4-15)11(17)8-7-9(13)18-10(8)14/h7H,1-6H2. The van der Waals surface area contributed by atoms with Crippen LogP contribution in [0.5, 0.6) is 0 Å². The molecule has 1 fully saturated rings. The Morgan fingerprint density at radius 1 is 1.28 bits per heavy atom. The van der Waals surface area contributed by atoms with Crippen molar-refractivity contribution in [2.45, 2.75) is 0 Å². The average Bonchev–Trinajstić information content (AvgIpc) is 2.69. The third-order valence-corrected chi connectivity index (χ3v) is 5.64. The third-order valence-electron chi connectivity index (χ3n) is 2.95. The molecule has 0 spiro atoms. The number of hydrogen-bond acceptors (Lipinski definition) is 3. The van der Waals surface area contributed by atoms with Crippen LogP contribution in [0.3, 0.4) is 0 Å². The molecular weight excluding hydrogens is 448 g/mol. The molecule has 1 amide bonds. The minimum atomic E-state index is 0.127. The Hall–Kier alpha value is 0.570. The second-order valence-electron chi connectivity index (χ2n) is 4.06. The summed E-state index contributed by atoms with van der Waals surface area (Å²) >= 11 is 11.8. The summed E-state index contributed by atoms with van der Waals surface area (Å²) < 4.78 is 1.89. The van der Waals surface area contributed by atoms with Crippen molar-refractivity contribution in [3.05, 3.63) is 19.2 Å². The number of thiophene rings is 1. The lowest BCUT2D eigenvalue weighted by molar-refractivity contribution is 0.0644. The van der Waals surface area contributed by atoms with E-state index < -0.39 is 0 Å². The van der Waals surface area contributed by atoms with Crippen molar-refractivity contribution < 1.29 is 4.79 Å². The molecule has 1 aromatic rings. The van der Waals surface area contributed by atoms with E-state index >= 15 is 0 Å². The topological polar surface area (TPSA) is 23.6 Å². The normalized spacial score (nSPS) is 17.2. The van der Waals surface area contributed by atoms with E-state index in [1.54, 1.807) is 0 Å². The van der Waals surface area contributed by atoms with Gasteiger partial charge in [0.25, 0.3) is 5.91 Å². The molecule has 0 saturated carbocycles. The number of amides is 1. The highest BCUT2D eigenvalue weighted by molar-refractivity contribution is 9.12. The number of carbonyl (C=O) groups excluding carboxylic acids is 1.